The molecule has 0 spiro atoms. The number of carbonyl (C=O) groups is 2. The molecule has 136 valence electrons. The standard InChI is InChI=1S/C17H20BrFN2O4/c1-16(2,3)24-14(22)21(15(23)25-17(4,5)6)13-8-10(18)7-12(19)11(13)9-20/h7-8H,1-6H3. The fourth-order valence-corrected chi connectivity index (χ4v) is 2.15. The summed E-state index contributed by atoms with van der Waals surface area (Å²) < 4.78 is 24.8. The quantitative estimate of drug-likeness (QED) is 0.635. The molecule has 8 heteroatoms. The summed E-state index contributed by atoms with van der Waals surface area (Å²) in [5.74, 6) is -0.885. The third-order valence-electron chi connectivity index (χ3n) is 2.54. The summed E-state index contributed by atoms with van der Waals surface area (Å²) in [5, 5.41) is 9.23. The molecule has 0 N–H and O–H groups in total. The Kier molecular flexibility index (Phi) is 6.19. The van der Waals surface area contributed by atoms with Crippen molar-refractivity contribution < 1.29 is 23.5 Å². The highest BCUT2D eigenvalue weighted by molar-refractivity contribution is 9.10. The molecule has 0 saturated heterocycles. The molecule has 0 aliphatic rings. The number of anilines is 1. The summed E-state index contributed by atoms with van der Waals surface area (Å²) in [4.78, 5) is 25.6. The van der Waals surface area contributed by atoms with E-state index in [-0.39, 0.29) is 10.2 Å². The molecule has 25 heavy (non-hydrogen) atoms. The Morgan fingerprint density at radius 1 is 1.08 bits per heavy atom. The van der Waals surface area contributed by atoms with Gasteiger partial charge in [-0.3, -0.25) is 0 Å². The minimum Gasteiger partial charge on any atom is -0.443 e. The van der Waals surface area contributed by atoms with Crippen LogP contribution in [0, 0.1) is 17.1 Å². The minimum absolute atomic E-state index is 0.246. The zero-order valence-corrected chi connectivity index (χ0v) is 16.5. The highest BCUT2D eigenvalue weighted by atomic mass is 79.9. The van der Waals surface area contributed by atoms with Gasteiger partial charge in [0, 0.05) is 4.47 Å². The zero-order chi connectivity index (χ0) is 19.6. The van der Waals surface area contributed by atoms with Crippen molar-refractivity contribution in [2.24, 2.45) is 0 Å². The highest BCUT2D eigenvalue weighted by Gasteiger charge is 2.35. The van der Waals surface area contributed by atoms with Gasteiger partial charge in [0.25, 0.3) is 0 Å². The number of halogens is 2. The first-order valence-electron chi connectivity index (χ1n) is 7.40. The van der Waals surface area contributed by atoms with Gasteiger partial charge in [0.2, 0.25) is 0 Å². The van der Waals surface area contributed by atoms with Crippen LogP contribution in [0.2, 0.25) is 0 Å². The maximum atomic E-state index is 14.1. The van der Waals surface area contributed by atoms with E-state index in [4.69, 9.17) is 9.47 Å². The Morgan fingerprint density at radius 2 is 1.52 bits per heavy atom. The van der Waals surface area contributed by atoms with Crippen LogP contribution in [0.5, 0.6) is 0 Å². The van der Waals surface area contributed by atoms with Gasteiger partial charge in [-0.05, 0) is 53.7 Å². The molecule has 0 aromatic heterocycles. The molecule has 0 saturated carbocycles. The number of hydrogen-bond donors (Lipinski definition) is 0. The van der Waals surface area contributed by atoms with Crippen molar-refractivity contribution in [2.45, 2.75) is 52.7 Å². The number of benzene rings is 1. The molecular formula is C17H20BrFN2O4. The average molecular weight is 415 g/mol. The van der Waals surface area contributed by atoms with Crippen LogP contribution >= 0.6 is 15.9 Å². The van der Waals surface area contributed by atoms with Gasteiger partial charge in [0.05, 0.1) is 5.69 Å². The summed E-state index contributed by atoms with van der Waals surface area (Å²) >= 11 is 3.09. The zero-order valence-electron chi connectivity index (χ0n) is 14.9. The Balaban J connectivity index is 3.50. The normalized spacial score (nSPS) is 11.5. The Morgan fingerprint density at radius 3 is 1.88 bits per heavy atom. The van der Waals surface area contributed by atoms with Crippen LogP contribution in [0.15, 0.2) is 16.6 Å². The summed E-state index contributed by atoms with van der Waals surface area (Å²) in [6.45, 7) is 9.70. The second kappa shape index (κ2) is 7.40. The number of hydrogen-bond acceptors (Lipinski definition) is 5. The predicted octanol–water partition coefficient (Wildman–Crippen LogP) is 5.14. The summed E-state index contributed by atoms with van der Waals surface area (Å²) in [6.07, 6.45) is -2.15. The van der Waals surface area contributed by atoms with Gasteiger partial charge in [-0.2, -0.15) is 10.2 Å². The largest absolute Gasteiger partial charge is 0.443 e. The molecule has 0 unspecified atom stereocenters. The Hall–Kier alpha value is -2.14. The lowest BCUT2D eigenvalue weighted by atomic mass is 10.1. The van der Waals surface area contributed by atoms with Crippen molar-refractivity contribution >= 4 is 33.8 Å². The molecule has 6 nitrogen and oxygen atoms in total. The van der Waals surface area contributed by atoms with Gasteiger partial charge >= 0.3 is 12.2 Å². The van der Waals surface area contributed by atoms with Crippen LogP contribution in [-0.4, -0.2) is 23.4 Å². The average Bonchev–Trinajstić information content (AvgIpc) is 2.33. The van der Waals surface area contributed by atoms with E-state index in [2.05, 4.69) is 15.9 Å². The van der Waals surface area contributed by atoms with Gasteiger partial charge in [-0.25, -0.2) is 14.0 Å². The lowest BCUT2D eigenvalue weighted by molar-refractivity contribution is 0.0430. The lowest BCUT2D eigenvalue weighted by Crippen LogP contribution is -2.44. The van der Waals surface area contributed by atoms with E-state index in [1.54, 1.807) is 47.6 Å². The monoisotopic (exact) mass is 414 g/mol. The second-order valence-corrected chi connectivity index (χ2v) is 8.11. The van der Waals surface area contributed by atoms with Gasteiger partial charge in [-0.15, -0.1) is 0 Å². The van der Waals surface area contributed by atoms with Crippen molar-refractivity contribution in [1.82, 2.24) is 0 Å². The molecule has 0 atom stereocenters. The van der Waals surface area contributed by atoms with Crippen LogP contribution in [0.4, 0.5) is 19.7 Å². The Bertz CT molecular complexity index is 702. The van der Waals surface area contributed by atoms with Crippen LogP contribution in [-0.2, 0) is 9.47 Å². The van der Waals surface area contributed by atoms with Gasteiger partial charge in [-0.1, -0.05) is 15.9 Å². The van der Waals surface area contributed by atoms with Crippen molar-refractivity contribution in [1.29, 1.82) is 5.26 Å². The second-order valence-electron chi connectivity index (χ2n) is 7.19. The first-order chi connectivity index (χ1) is 11.2. The number of imide groups is 1. The Labute approximate surface area is 154 Å². The van der Waals surface area contributed by atoms with E-state index in [1.165, 1.54) is 6.07 Å². The lowest BCUT2D eigenvalue weighted by Gasteiger charge is -2.29. The molecule has 2 amide bonds. The molecule has 1 aromatic carbocycles. The van der Waals surface area contributed by atoms with Crippen LogP contribution < -0.4 is 4.90 Å². The third kappa shape index (κ3) is 6.02. The van der Waals surface area contributed by atoms with E-state index >= 15 is 0 Å². The number of rotatable bonds is 1. The first-order valence-corrected chi connectivity index (χ1v) is 8.19. The maximum absolute atomic E-state index is 14.1. The van der Waals surface area contributed by atoms with Crippen LogP contribution in [0.1, 0.15) is 47.1 Å². The summed E-state index contributed by atoms with van der Waals surface area (Å²) in [5.41, 5.74) is -2.55. The summed E-state index contributed by atoms with van der Waals surface area (Å²) in [6, 6.07) is 3.99. The van der Waals surface area contributed by atoms with Gasteiger partial charge < -0.3 is 9.47 Å². The molecule has 1 aromatic rings. The first kappa shape index (κ1) is 20.9. The van der Waals surface area contributed by atoms with E-state index in [9.17, 15) is 19.2 Å². The van der Waals surface area contributed by atoms with Gasteiger partial charge in [0.1, 0.15) is 28.7 Å². The SMILES string of the molecule is CC(C)(C)OC(=O)N(C(=O)OC(C)(C)C)c1cc(Br)cc(F)c1C#N. The molecule has 0 radical (unpaired) electrons. The van der Waals surface area contributed by atoms with Crippen LogP contribution in [0.25, 0.3) is 0 Å². The molecule has 0 aliphatic carbocycles. The third-order valence-corrected chi connectivity index (χ3v) is 3.00. The molecule has 0 fully saturated rings. The van der Waals surface area contributed by atoms with E-state index in [1.807, 2.05) is 0 Å². The molecule has 0 heterocycles. The number of nitrogens with zero attached hydrogens (tertiary/aromatic N) is 2. The van der Waals surface area contributed by atoms with Crippen molar-refractivity contribution in [3.63, 3.8) is 0 Å². The number of ether oxygens (including phenoxy) is 2. The highest BCUT2D eigenvalue weighted by Crippen LogP contribution is 2.30. The fraction of sp³-hybridized carbons (Fsp3) is 0.471. The fourth-order valence-electron chi connectivity index (χ4n) is 1.73. The molecular weight excluding hydrogens is 395 g/mol. The predicted molar refractivity (Wildman–Crippen MR) is 93.8 cm³/mol. The molecule has 0 bridgehead atoms. The number of nitriles is 1. The van der Waals surface area contributed by atoms with Crippen molar-refractivity contribution in [3.05, 3.63) is 28.0 Å². The van der Waals surface area contributed by atoms with E-state index in [0.717, 1.165) is 6.07 Å². The number of amides is 2. The van der Waals surface area contributed by atoms with E-state index < -0.39 is 34.8 Å². The van der Waals surface area contributed by atoms with E-state index in [0.29, 0.717) is 4.90 Å². The van der Waals surface area contributed by atoms with Gasteiger partial charge in [0.15, 0.2) is 0 Å². The van der Waals surface area contributed by atoms with Crippen molar-refractivity contribution in [3.8, 4) is 6.07 Å². The molecule has 0 aliphatic heterocycles. The smallest absolute Gasteiger partial charge is 0.424 e. The summed E-state index contributed by atoms with van der Waals surface area (Å²) in [7, 11) is 0. The molecule has 1 rings (SSSR count). The van der Waals surface area contributed by atoms with Crippen molar-refractivity contribution in [2.75, 3.05) is 4.90 Å². The van der Waals surface area contributed by atoms with Crippen LogP contribution in [0.3, 0.4) is 0 Å². The number of carbonyl (C=O) groups excluding carboxylic acids is 2. The maximum Gasteiger partial charge on any atom is 0.424 e. The minimum atomic E-state index is -1.07. The topological polar surface area (TPSA) is 79.6 Å².